The van der Waals surface area contributed by atoms with Crippen LogP contribution in [0.1, 0.15) is 31.3 Å². The van der Waals surface area contributed by atoms with Gasteiger partial charge in [0.1, 0.15) is 0 Å². The highest BCUT2D eigenvalue weighted by atomic mass is 16.3. The number of pyridine rings is 1. The van der Waals surface area contributed by atoms with Gasteiger partial charge in [-0.2, -0.15) is 0 Å². The highest BCUT2D eigenvalue weighted by molar-refractivity contribution is 5.30. The molecule has 102 valence electrons. The van der Waals surface area contributed by atoms with Crippen molar-refractivity contribution in [2.75, 3.05) is 20.2 Å². The van der Waals surface area contributed by atoms with Crippen LogP contribution in [0.4, 0.5) is 0 Å². The van der Waals surface area contributed by atoms with Crippen molar-refractivity contribution in [3.63, 3.8) is 0 Å². The minimum absolute atomic E-state index is 0.0506. The molecule has 2 N–H and O–H groups in total. The molecule has 1 rings (SSSR count). The summed E-state index contributed by atoms with van der Waals surface area (Å²) in [6.45, 7) is 6.85. The Labute approximate surface area is 107 Å². The van der Waals surface area contributed by atoms with Crippen molar-refractivity contribution in [1.29, 1.82) is 0 Å². The summed E-state index contributed by atoms with van der Waals surface area (Å²) in [5, 5.41) is 18.8. The Kier molecular flexibility index (Phi) is 4.93. The lowest BCUT2D eigenvalue weighted by molar-refractivity contribution is 0.211. The maximum absolute atomic E-state index is 11.6. The van der Waals surface area contributed by atoms with E-state index in [2.05, 4.69) is 0 Å². The Morgan fingerprint density at radius 3 is 2.56 bits per heavy atom. The molecule has 1 aromatic rings. The van der Waals surface area contributed by atoms with Crippen LogP contribution in [-0.2, 0) is 6.54 Å². The Morgan fingerprint density at radius 1 is 1.44 bits per heavy atom. The predicted octanol–water partition coefficient (Wildman–Crippen LogP) is 0.867. The average molecular weight is 254 g/mol. The molecule has 0 spiro atoms. The number of likely N-dealkylation sites (N-methyl/N-ethyl adjacent to an activating group) is 1. The number of aryl methyl sites for hydroxylation is 1. The van der Waals surface area contributed by atoms with Crippen LogP contribution in [-0.4, -0.2) is 39.9 Å². The number of rotatable bonds is 5. The lowest BCUT2D eigenvalue weighted by Gasteiger charge is -2.24. The lowest BCUT2D eigenvalue weighted by Crippen LogP contribution is -2.27. The standard InChI is InChI=1S/C13H22N2O3/c1-9(2)15-10(3)7-12(17)13(18)11(15)8-14(4)5-6-16/h7,9,16,18H,5-6,8H2,1-4H3. The fraction of sp³-hybridized carbons (Fsp3) is 0.615. The number of aromatic hydroxyl groups is 1. The van der Waals surface area contributed by atoms with Gasteiger partial charge in [-0.1, -0.05) is 0 Å². The maximum atomic E-state index is 11.6. The molecule has 18 heavy (non-hydrogen) atoms. The summed E-state index contributed by atoms with van der Waals surface area (Å²) < 4.78 is 1.95. The van der Waals surface area contributed by atoms with E-state index in [1.807, 2.05) is 37.3 Å². The van der Waals surface area contributed by atoms with Crippen LogP contribution >= 0.6 is 0 Å². The molecule has 0 radical (unpaired) electrons. The van der Waals surface area contributed by atoms with Gasteiger partial charge in [-0.3, -0.25) is 9.69 Å². The largest absolute Gasteiger partial charge is 0.503 e. The van der Waals surface area contributed by atoms with E-state index in [0.29, 0.717) is 18.8 Å². The van der Waals surface area contributed by atoms with E-state index < -0.39 is 0 Å². The average Bonchev–Trinajstić information content (AvgIpc) is 2.25. The van der Waals surface area contributed by atoms with Crippen molar-refractivity contribution in [2.45, 2.75) is 33.4 Å². The van der Waals surface area contributed by atoms with Gasteiger partial charge in [0.25, 0.3) is 0 Å². The van der Waals surface area contributed by atoms with Crippen LogP contribution < -0.4 is 5.43 Å². The molecule has 0 saturated heterocycles. The first-order valence-electron chi connectivity index (χ1n) is 6.11. The van der Waals surface area contributed by atoms with Gasteiger partial charge in [0.2, 0.25) is 5.43 Å². The third kappa shape index (κ3) is 3.11. The van der Waals surface area contributed by atoms with Gasteiger partial charge < -0.3 is 14.8 Å². The highest BCUT2D eigenvalue weighted by Crippen LogP contribution is 2.20. The van der Waals surface area contributed by atoms with Crippen LogP contribution in [0.2, 0.25) is 0 Å². The van der Waals surface area contributed by atoms with E-state index in [0.717, 1.165) is 5.69 Å². The fourth-order valence-electron chi connectivity index (χ4n) is 2.17. The van der Waals surface area contributed by atoms with Crippen LogP contribution in [0, 0.1) is 6.92 Å². The summed E-state index contributed by atoms with van der Waals surface area (Å²) in [5.74, 6) is -0.195. The van der Waals surface area contributed by atoms with Crippen molar-refractivity contribution in [3.8, 4) is 5.75 Å². The normalized spacial score (nSPS) is 11.5. The molecular formula is C13H22N2O3. The van der Waals surface area contributed by atoms with Gasteiger partial charge in [-0.15, -0.1) is 0 Å². The fourth-order valence-corrected chi connectivity index (χ4v) is 2.17. The summed E-state index contributed by atoms with van der Waals surface area (Å²) in [6, 6.07) is 1.61. The van der Waals surface area contributed by atoms with Gasteiger partial charge >= 0.3 is 0 Å². The van der Waals surface area contributed by atoms with Crippen LogP contribution in [0.5, 0.6) is 5.75 Å². The molecule has 0 bridgehead atoms. The van der Waals surface area contributed by atoms with Crippen LogP contribution in [0.15, 0.2) is 10.9 Å². The summed E-state index contributed by atoms with van der Waals surface area (Å²) in [7, 11) is 1.84. The smallest absolute Gasteiger partial charge is 0.223 e. The number of nitrogens with zero attached hydrogens (tertiary/aromatic N) is 2. The Bertz CT molecular complexity index is 466. The summed E-state index contributed by atoms with van der Waals surface area (Å²) in [5.41, 5.74) is 1.09. The first-order chi connectivity index (χ1) is 8.38. The molecule has 1 aromatic heterocycles. The molecule has 0 amide bonds. The second-order valence-corrected chi connectivity index (χ2v) is 4.87. The predicted molar refractivity (Wildman–Crippen MR) is 70.9 cm³/mol. The number of hydrogen-bond donors (Lipinski definition) is 2. The topological polar surface area (TPSA) is 65.7 Å². The summed E-state index contributed by atoms with van der Waals surface area (Å²) in [4.78, 5) is 13.5. The molecule has 0 aromatic carbocycles. The van der Waals surface area contributed by atoms with Crippen molar-refractivity contribution >= 4 is 0 Å². The zero-order valence-electron chi connectivity index (χ0n) is 11.5. The summed E-state index contributed by atoms with van der Waals surface area (Å²) >= 11 is 0. The van der Waals surface area contributed by atoms with E-state index >= 15 is 0 Å². The van der Waals surface area contributed by atoms with Gasteiger partial charge in [0.15, 0.2) is 5.75 Å². The molecule has 5 heteroatoms. The number of aliphatic hydroxyl groups excluding tert-OH is 1. The zero-order chi connectivity index (χ0) is 13.9. The molecule has 0 fully saturated rings. The Balaban J connectivity index is 3.26. The van der Waals surface area contributed by atoms with Crippen LogP contribution in [0.25, 0.3) is 0 Å². The quantitative estimate of drug-likeness (QED) is 0.818. The van der Waals surface area contributed by atoms with Gasteiger partial charge in [0, 0.05) is 30.9 Å². The molecule has 1 heterocycles. The first-order valence-corrected chi connectivity index (χ1v) is 6.11. The number of hydrogen-bond acceptors (Lipinski definition) is 4. The van der Waals surface area contributed by atoms with Crippen molar-refractivity contribution < 1.29 is 10.2 Å². The molecule has 0 aliphatic rings. The number of aromatic nitrogens is 1. The zero-order valence-corrected chi connectivity index (χ0v) is 11.5. The first kappa shape index (κ1) is 14.7. The Hall–Kier alpha value is -1.33. The van der Waals surface area contributed by atoms with E-state index in [4.69, 9.17) is 5.11 Å². The summed E-state index contributed by atoms with van der Waals surface area (Å²) in [6.07, 6.45) is 0. The second kappa shape index (κ2) is 6.02. The molecule has 0 unspecified atom stereocenters. The molecule has 0 aliphatic carbocycles. The number of aliphatic hydroxyl groups is 1. The van der Waals surface area contributed by atoms with E-state index in [1.54, 1.807) is 0 Å². The Morgan fingerprint density at radius 2 is 2.06 bits per heavy atom. The highest BCUT2D eigenvalue weighted by Gasteiger charge is 2.16. The molecule has 0 atom stereocenters. The minimum Gasteiger partial charge on any atom is -0.503 e. The minimum atomic E-state index is -0.350. The third-order valence-corrected chi connectivity index (χ3v) is 2.94. The van der Waals surface area contributed by atoms with Crippen LogP contribution in [0.3, 0.4) is 0 Å². The van der Waals surface area contributed by atoms with Crippen molar-refractivity contribution in [2.24, 2.45) is 0 Å². The molecule has 0 aliphatic heterocycles. The second-order valence-electron chi connectivity index (χ2n) is 4.87. The van der Waals surface area contributed by atoms with E-state index in [1.165, 1.54) is 6.07 Å². The van der Waals surface area contributed by atoms with Crippen molar-refractivity contribution in [1.82, 2.24) is 9.47 Å². The van der Waals surface area contributed by atoms with Gasteiger partial charge in [-0.25, -0.2) is 0 Å². The maximum Gasteiger partial charge on any atom is 0.223 e. The third-order valence-electron chi connectivity index (χ3n) is 2.94. The molecular weight excluding hydrogens is 232 g/mol. The SMILES string of the molecule is Cc1cc(=O)c(O)c(CN(C)CCO)n1C(C)C. The lowest BCUT2D eigenvalue weighted by atomic mass is 10.2. The molecule has 5 nitrogen and oxygen atoms in total. The van der Waals surface area contributed by atoms with E-state index in [9.17, 15) is 9.90 Å². The van der Waals surface area contributed by atoms with Gasteiger partial charge in [-0.05, 0) is 27.8 Å². The molecule has 0 saturated carbocycles. The van der Waals surface area contributed by atoms with Gasteiger partial charge in [0.05, 0.1) is 12.3 Å². The van der Waals surface area contributed by atoms with Crippen molar-refractivity contribution in [3.05, 3.63) is 27.7 Å². The van der Waals surface area contributed by atoms with E-state index in [-0.39, 0.29) is 23.8 Å². The monoisotopic (exact) mass is 254 g/mol.